The van der Waals surface area contributed by atoms with E-state index in [1.807, 2.05) is 54.6 Å². The van der Waals surface area contributed by atoms with Crippen LogP contribution in [0.4, 0.5) is 5.82 Å². The van der Waals surface area contributed by atoms with Gasteiger partial charge in [-0.05, 0) is 36.6 Å². The number of amides is 1. The highest BCUT2D eigenvalue weighted by Gasteiger charge is 2.37. The second-order valence-corrected chi connectivity index (χ2v) is 12.6. The number of nitrogens with one attached hydrogen (secondary N) is 1. The van der Waals surface area contributed by atoms with E-state index in [2.05, 4.69) is 15.1 Å². The molecule has 0 unspecified atom stereocenters. The summed E-state index contributed by atoms with van der Waals surface area (Å²) in [5, 5.41) is 20.0. The molecule has 0 aliphatic carbocycles. The van der Waals surface area contributed by atoms with Crippen LogP contribution in [0, 0.1) is 0 Å². The molecule has 0 radical (unpaired) electrons. The zero-order valence-corrected chi connectivity index (χ0v) is 25.6. The maximum absolute atomic E-state index is 13.0. The molecule has 2 N–H and O–H groups in total. The van der Waals surface area contributed by atoms with E-state index in [0.717, 1.165) is 56.0 Å². The normalized spacial score (nSPS) is 17.0. The van der Waals surface area contributed by atoms with Crippen molar-refractivity contribution in [3.63, 3.8) is 0 Å². The predicted molar refractivity (Wildman–Crippen MR) is 175 cm³/mol. The number of carbonyl (C=O) groups is 2. The Labute approximate surface area is 264 Å². The van der Waals surface area contributed by atoms with Crippen LogP contribution >= 0.6 is 11.3 Å². The number of aromatic nitrogens is 4. The number of aromatic amines is 1. The minimum Gasteiger partial charge on any atom is -0.384 e. The van der Waals surface area contributed by atoms with Crippen LogP contribution in [0.15, 0.2) is 66.9 Å². The Kier molecular flexibility index (Phi) is 8.14. The van der Waals surface area contributed by atoms with Crippen LogP contribution in [-0.2, 0) is 19.9 Å². The van der Waals surface area contributed by atoms with Gasteiger partial charge in [-0.1, -0.05) is 48.5 Å². The number of morpholine rings is 1. The Morgan fingerprint density at radius 2 is 1.80 bits per heavy atom. The number of ether oxygens (including phenoxy) is 1. The number of anilines is 1. The number of thiophene rings is 1. The minimum absolute atomic E-state index is 0.0617. The molecule has 5 aromatic rings. The van der Waals surface area contributed by atoms with Crippen molar-refractivity contribution in [3.8, 4) is 11.4 Å². The fourth-order valence-electron chi connectivity index (χ4n) is 6.01. The SMILES string of the molecule is O=C(/C=C/c1ccccc1)CCC(=O)N1CCC(O)(c2cc3nc(-c4cccc5[nH]ncc45)nc(N4CCOCC4)c3s2)CC1. The molecule has 10 nitrogen and oxygen atoms in total. The van der Waals surface area contributed by atoms with Gasteiger partial charge in [-0.3, -0.25) is 14.7 Å². The van der Waals surface area contributed by atoms with Crippen LogP contribution in [0.1, 0.15) is 36.1 Å². The summed E-state index contributed by atoms with van der Waals surface area (Å²) < 4.78 is 6.55. The van der Waals surface area contributed by atoms with Crippen LogP contribution in [0.2, 0.25) is 0 Å². The molecule has 2 aliphatic rings. The van der Waals surface area contributed by atoms with Gasteiger partial charge in [0.25, 0.3) is 0 Å². The third-order valence-electron chi connectivity index (χ3n) is 8.64. The number of hydrogen-bond donors (Lipinski definition) is 2. The molecule has 45 heavy (non-hydrogen) atoms. The van der Waals surface area contributed by atoms with Gasteiger partial charge < -0.3 is 19.6 Å². The third kappa shape index (κ3) is 6.11. The largest absolute Gasteiger partial charge is 0.384 e. The highest BCUT2D eigenvalue weighted by molar-refractivity contribution is 7.19. The minimum atomic E-state index is -1.08. The van der Waals surface area contributed by atoms with Gasteiger partial charge in [0.15, 0.2) is 17.4 Å². The number of piperidine rings is 1. The summed E-state index contributed by atoms with van der Waals surface area (Å²) in [6, 6.07) is 17.5. The molecule has 0 bridgehead atoms. The van der Waals surface area contributed by atoms with Gasteiger partial charge in [-0.25, -0.2) is 9.97 Å². The van der Waals surface area contributed by atoms with E-state index in [4.69, 9.17) is 14.7 Å². The molecule has 2 aromatic carbocycles. The number of hydrogen-bond acceptors (Lipinski definition) is 9. The van der Waals surface area contributed by atoms with E-state index in [0.29, 0.717) is 45.0 Å². The van der Waals surface area contributed by atoms with Crippen molar-refractivity contribution in [1.82, 2.24) is 25.1 Å². The number of carbonyl (C=O) groups excluding carboxylic acids is 2. The number of aliphatic hydroxyl groups is 1. The fraction of sp³-hybridized carbons (Fsp3) is 0.324. The first-order valence-corrected chi connectivity index (χ1v) is 16.1. The first kappa shape index (κ1) is 29.3. The smallest absolute Gasteiger partial charge is 0.223 e. The van der Waals surface area contributed by atoms with E-state index in [-0.39, 0.29) is 24.5 Å². The summed E-state index contributed by atoms with van der Waals surface area (Å²) in [6.07, 6.45) is 6.24. The highest BCUT2D eigenvalue weighted by Crippen LogP contribution is 2.43. The molecule has 230 valence electrons. The Hall–Kier alpha value is -4.45. The Morgan fingerprint density at radius 3 is 2.60 bits per heavy atom. The Balaban J connectivity index is 1.08. The van der Waals surface area contributed by atoms with Crippen molar-refractivity contribution in [1.29, 1.82) is 0 Å². The Morgan fingerprint density at radius 1 is 1.00 bits per heavy atom. The van der Waals surface area contributed by atoms with Crippen LogP contribution in [0.3, 0.4) is 0 Å². The third-order valence-corrected chi connectivity index (χ3v) is 9.95. The molecule has 2 saturated heterocycles. The summed E-state index contributed by atoms with van der Waals surface area (Å²) in [5.74, 6) is 1.32. The monoisotopic (exact) mass is 622 g/mol. The number of nitrogens with zero attached hydrogens (tertiary/aromatic N) is 5. The lowest BCUT2D eigenvalue weighted by Crippen LogP contribution is -2.44. The van der Waals surface area contributed by atoms with Crippen molar-refractivity contribution in [2.45, 2.75) is 31.3 Å². The van der Waals surface area contributed by atoms with Crippen LogP contribution in [0.5, 0.6) is 0 Å². The number of allylic oxidation sites excluding steroid dienone is 1. The molecule has 0 atom stereocenters. The molecule has 11 heteroatoms. The molecule has 0 spiro atoms. The predicted octanol–water partition coefficient (Wildman–Crippen LogP) is 4.94. The van der Waals surface area contributed by atoms with Crippen molar-refractivity contribution in [2.24, 2.45) is 0 Å². The van der Waals surface area contributed by atoms with E-state index < -0.39 is 5.60 Å². The van der Waals surface area contributed by atoms with Gasteiger partial charge in [0.1, 0.15) is 5.60 Å². The van der Waals surface area contributed by atoms with Gasteiger partial charge in [0, 0.05) is 54.8 Å². The lowest BCUT2D eigenvalue weighted by Gasteiger charge is -2.37. The highest BCUT2D eigenvalue weighted by atomic mass is 32.1. The molecule has 3 aromatic heterocycles. The second-order valence-electron chi connectivity index (χ2n) is 11.6. The standard InChI is InChI=1S/C34H34N6O4S/c41-24(10-9-23-5-2-1-3-6-23)11-12-30(42)39-15-13-34(43,14-16-39)29-21-28-31(45-29)33(40-17-19-44-20-18-40)37-32(36-28)25-7-4-8-27-26(25)22-35-38-27/h1-10,21-22,43H,11-20H2,(H,35,38)/b10-9+. The second kappa shape index (κ2) is 12.5. The fourth-order valence-corrected chi connectivity index (χ4v) is 7.27. The average Bonchev–Trinajstić information content (AvgIpc) is 3.75. The number of ketones is 1. The van der Waals surface area contributed by atoms with Crippen LogP contribution in [0.25, 0.3) is 38.6 Å². The maximum Gasteiger partial charge on any atom is 0.223 e. The lowest BCUT2D eigenvalue weighted by atomic mass is 9.89. The summed E-state index contributed by atoms with van der Waals surface area (Å²) in [7, 11) is 0. The average molecular weight is 623 g/mol. The van der Waals surface area contributed by atoms with Crippen molar-refractivity contribution in [2.75, 3.05) is 44.3 Å². The van der Waals surface area contributed by atoms with E-state index in [9.17, 15) is 14.7 Å². The number of rotatable bonds is 8. The number of likely N-dealkylation sites (tertiary alicyclic amines) is 1. The van der Waals surface area contributed by atoms with Crippen molar-refractivity contribution in [3.05, 3.63) is 77.3 Å². The maximum atomic E-state index is 13.0. The topological polar surface area (TPSA) is 125 Å². The lowest BCUT2D eigenvalue weighted by molar-refractivity contribution is -0.136. The molecule has 7 rings (SSSR count). The Bertz CT molecular complexity index is 1870. The molecular weight excluding hydrogens is 588 g/mol. The van der Waals surface area contributed by atoms with Gasteiger partial charge in [0.2, 0.25) is 5.91 Å². The zero-order valence-electron chi connectivity index (χ0n) is 24.8. The van der Waals surface area contributed by atoms with Crippen LogP contribution < -0.4 is 4.90 Å². The van der Waals surface area contributed by atoms with Gasteiger partial charge in [0.05, 0.1) is 35.1 Å². The van der Waals surface area contributed by atoms with E-state index >= 15 is 0 Å². The summed E-state index contributed by atoms with van der Waals surface area (Å²) in [5.41, 5.74) is 2.46. The van der Waals surface area contributed by atoms with Gasteiger partial charge >= 0.3 is 0 Å². The summed E-state index contributed by atoms with van der Waals surface area (Å²) in [6.45, 7) is 3.54. The van der Waals surface area contributed by atoms with E-state index in [1.54, 1.807) is 17.2 Å². The summed E-state index contributed by atoms with van der Waals surface area (Å²) in [4.78, 5) is 40.2. The first-order chi connectivity index (χ1) is 22.0. The number of fused-ring (bicyclic) bond motifs is 2. The zero-order chi connectivity index (χ0) is 30.8. The molecule has 1 amide bonds. The van der Waals surface area contributed by atoms with E-state index in [1.165, 1.54) is 17.4 Å². The molecule has 0 saturated carbocycles. The molecule has 5 heterocycles. The number of H-pyrrole nitrogens is 1. The molecular formula is C34H34N6O4S. The summed E-state index contributed by atoms with van der Waals surface area (Å²) >= 11 is 1.53. The van der Waals surface area contributed by atoms with Crippen LogP contribution in [-0.4, -0.2) is 81.3 Å². The van der Waals surface area contributed by atoms with Gasteiger partial charge in [-0.2, -0.15) is 5.10 Å². The van der Waals surface area contributed by atoms with Crippen molar-refractivity contribution >= 4 is 56.0 Å². The molecule has 2 fully saturated rings. The number of benzene rings is 2. The first-order valence-electron chi connectivity index (χ1n) is 15.3. The van der Waals surface area contributed by atoms with Crippen molar-refractivity contribution < 1.29 is 19.4 Å². The quantitative estimate of drug-likeness (QED) is 0.233. The van der Waals surface area contributed by atoms with Gasteiger partial charge in [-0.15, -0.1) is 11.3 Å². The molecule has 2 aliphatic heterocycles.